The van der Waals surface area contributed by atoms with Crippen molar-refractivity contribution >= 4 is 10.8 Å². The van der Waals surface area contributed by atoms with E-state index in [1.165, 1.54) is 42.0 Å². The molecule has 0 aromatic heterocycles. The van der Waals surface area contributed by atoms with Crippen molar-refractivity contribution in [3.05, 3.63) is 48.0 Å². The van der Waals surface area contributed by atoms with Crippen LogP contribution in [0.1, 0.15) is 31.2 Å². The van der Waals surface area contributed by atoms with Crippen LogP contribution in [-0.2, 0) is 6.54 Å². The van der Waals surface area contributed by atoms with Crippen molar-refractivity contribution in [3.8, 4) is 0 Å². The summed E-state index contributed by atoms with van der Waals surface area (Å²) in [5.41, 5.74) is 1.43. The SMILES string of the molecule is CN1C2CCC1CC(NCc1cccc3ccccc13)C2. The number of piperidine rings is 1. The molecule has 2 saturated heterocycles. The van der Waals surface area contributed by atoms with E-state index in [0.717, 1.165) is 18.6 Å². The Hall–Kier alpha value is -1.38. The molecule has 110 valence electrons. The van der Waals surface area contributed by atoms with Gasteiger partial charge in [0.1, 0.15) is 0 Å². The van der Waals surface area contributed by atoms with Crippen LogP contribution in [0, 0.1) is 0 Å². The molecule has 4 rings (SSSR count). The van der Waals surface area contributed by atoms with Crippen LogP contribution < -0.4 is 5.32 Å². The number of fused-ring (bicyclic) bond motifs is 3. The highest BCUT2D eigenvalue weighted by molar-refractivity contribution is 5.85. The second-order valence-corrected chi connectivity index (χ2v) is 6.74. The minimum atomic E-state index is 0.692. The molecule has 2 nitrogen and oxygen atoms in total. The highest BCUT2D eigenvalue weighted by Gasteiger charge is 2.37. The van der Waals surface area contributed by atoms with E-state index in [2.05, 4.69) is 59.7 Å². The van der Waals surface area contributed by atoms with Crippen molar-refractivity contribution in [2.24, 2.45) is 0 Å². The van der Waals surface area contributed by atoms with Crippen LogP contribution in [0.3, 0.4) is 0 Å². The molecule has 2 aliphatic heterocycles. The zero-order valence-electron chi connectivity index (χ0n) is 12.8. The zero-order valence-corrected chi connectivity index (χ0v) is 12.8. The molecule has 0 radical (unpaired) electrons. The lowest BCUT2D eigenvalue weighted by molar-refractivity contribution is 0.148. The summed E-state index contributed by atoms with van der Waals surface area (Å²) >= 11 is 0. The van der Waals surface area contributed by atoms with Gasteiger partial charge in [0.25, 0.3) is 0 Å². The Morgan fingerprint density at radius 3 is 2.52 bits per heavy atom. The summed E-state index contributed by atoms with van der Waals surface area (Å²) in [5, 5.41) is 6.56. The number of rotatable bonds is 3. The molecule has 1 N–H and O–H groups in total. The standard InChI is InChI=1S/C19H24N2/c1-21-17-9-10-18(21)12-16(11-17)20-13-15-7-4-6-14-5-2-3-8-19(14)15/h2-8,16-18,20H,9-13H2,1H3. The van der Waals surface area contributed by atoms with Crippen LogP contribution in [-0.4, -0.2) is 30.1 Å². The summed E-state index contributed by atoms with van der Waals surface area (Å²) < 4.78 is 0. The first-order valence-corrected chi connectivity index (χ1v) is 8.23. The van der Waals surface area contributed by atoms with Crippen molar-refractivity contribution in [2.75, 3.05) is 7.05 Å². The van der Waals surface area contributed by atoms with Crippen LogP contribution in [0.2, 0.25) is 0 Å². The van der Waals surface area contributed by atoms with Gasteiger partial charge in [-0.1, -0.05) is 42.5 Å². The summed E-state index contributed by atoms with van der Waals surface area (Å²) in [6, 6.07) is 17.7. The topological polar surface area (TPSA) is 15.3 Å². The Morgan fingerprint density at radius 1 is 1.00 bits per heavy atom. The third-order valence-corrected chi connectivity index (χ3v) is 5.56. The molecule has 2 heteroatoms. The number of hydrogen-bond acceptors (Lipinski definition) is 2. The van der Waals surface area contributed by atoms with E-state index in [1.54, 1.807) is 0 Å². The summed E-state index contributed by atoms with van der Waals surface area (Å²) in [6.07, 6.45) is 5.43. The number of nitrogens with one attached hydrogen (secondary N) is 1. The average molecular weight is 280 g/mol. The lowest BCUT2D eigenvalue weighted by atomic mass is 9.97. The summed E-state index contributed by atoms with van der Waals surface area (Å²) in [7, 11) is 2.31. The second kappa shape index (κ2) is 5.43. The van der Waals surface area contributed by atoms with Gasteiger partial charge in [0.05, 0.1) is 0 Å². The number of hydrogen-bond donors (Lipinski definition) is 1. The Morgan fingerprint density at radius 2 is 1.71 bits per heavy atom. The minimum Gasteiger partial charge on any atom is -0.310 e. The first-order valence-electron chi connectivity index (χ1n) is 8.23. The molecule has 2 bridgehead atoms. The Labute approximate surface area is 127 Å². The lowest BCUT2D eigenvalue weighted by Crippen LogP contribution is -2.47. The third kappa shape index (κ3) is 2.47. The van der Waals surface area contributed by atoms with E-state index in [9.17, 15) is 0 Å². The fourth-order valence-corrected chi connectivity index (χ4v) is 4.28. The van der Waals surface area contributed by atoms with Gasteiger partial charge in [0.15, 0.2) is 0 Å². The minimum absolute atomic E-state index is 0.692. The van der Waals surface area contributed by atoms with Gasteiger partial charge in [0, 0.05) is 24.7 Å². The van der Waals surface area contributed by atoms with E-state index in [1.807, 2.05) is 0 Å². The van der Waals surface area contributed by atoms with Gasteiger partial charge in [-0.05, 0) is 49.1 Å². The van der Waals surface area contributed by atoms with Crippen LogP contribution in [0.4, 0.5) is 0 Å². The first kappa shape index (κ1) is 13.3. The Bertz CT molecular complexity index is 617. The maximum Gasteiger partial charge on any atom is 0.0214 e. The van der Waals surface area contributed by atoms with Crippen LogP contribution in [0.25, 0.3) is 10.8 Å². The third-order valence-electron chi connectivity index (χ3n) is 5.56. The van der Waals surface area contributed by atoms with Crippen LogP contribution in [0.5, 0.6) is 0 Å². The zero-order chi connectivity index (χ0) is 14.2. The predicted molar refractivity (Wildman–Crippen MR) is 88.4 cm³/mol. The van der Waals surface area contributed by atoms with Crippen molar-refractivity contribution in [3.63, 3.8) is 0 Å². The van der Waals surface area contributed by atoms with E-state index in [0.29, 0.717) is 6.04 Å². The van der Waals surface area contributed by atoms with E-state index in [4.69, 9.17) is 0 Å². The summed E-state index contributed by atoms with van der Waals surface area (Å²) in [6.45, 7) is 0.995. The molecular formula is C19H24N2. The fraction of sp³-hybridized carbons (Fsp3) is 0.474. The lowest BCUT2D eigenvalue weighted by Gasteiger charge is -2.36. The molecule has 2 aliphatic rings. The van der Waals surface area contributed by atoms with Gasteiger partial charge < -0.3 is 10.2 Å². The molecule has 2 aromatic carbocycles. The molecule has 0 amide bonds. The molecule has 21 heavy (non-hydrogen) atoms. The second-order valence-electron chi connectivity index (χ2n) is 6.74. The van der Waals surface area contributed by atoms with Gasteiger partial charge in [-0.15, -0.1) is 0 Å². The normalized spacial score (nSPS) is 29.1. The summed E-state index contributed by atoms with van der Waals surface area (Å²) in [5.74, 6) is 0. The molecular weight excluding hydrogens is 256 g/mol. The Kier molecular flexibility index (Phi) is 3.44. The Balaban J connectivity index is 1.47. The molecule has 2 unspecified atom stereocenters. The molecule has 0 spiro atoms. The van der Waals surface area contributed by atoms with Gasteiger partial charge in [-0.25, -0.2) is 0 Å². The van der Waals surface area contributed by atoms with Gasteiger partial charge >= 0.3 is 0 Å². The monoisotopic (exact) mass is 280 g/mol. The quantitative estimate of drug-likeness (QED) is 0.925. The molecule has 0 aliphatic carbocycles. The molecule has 2 fully saturated rings. The molecule has 2 aromatic rings. The van der Waals surface area contributed by atoms with Gasteiger partial charge in [-0.2, -0.15) is 0 Å². The smallest absolute Gasteiger partial charge is 0.0214 e. The van der Waals surface area contributed by atoms with E-state index >= 15 is 0 Å². The summed E-state index contributed by atoms with van der Waals surface area (Å²) in [4.78, 5) is 2.61. The van der Waals surface area contributed by atoms with Gasteiger partial charge in [-0.3, -0.25) is 0 Å². The maximum absolute atomic E-state index is 3.82. The highest BCUT2D eigenvalue weighted by Crippen LogP contribution is 2.34. The van der Waals surface area contributed by atoms with Crippen LogP contribution >= 0.6 is 0 Å². The number of benzene rings is 2. The average Bonchev–Trinajstić information content (AvgIpc) is 2.75. The van der Waals surface area contributed by atoms with Crippen molar-refractivity contribution in [1.82, 2.24) is 10.2 Å². The van der Waals surface area contributed by atoms with Gasteiger partial charge in [0.2, 0.25) is 0 Å². The van der Waals surface area contributed by atoms with Crippen molar-refractivity contribution in [1.29, 1.82) is 0 Å². The predicted octanol–water partition coefficient (Wildman–Crippen LogP) is 3.55. The van der Waals surface area contributed by atoms with E-state index < -0.39 is 0 Å². The van der Waals surface area contributed by atoms with E-state index in [-0.39, 0.29) is 0 Å². The number of nitrogens with zero attached hydrogens (tertiary/aromatic N) is 1. The molecule has 2 atom stereocenters. The maximum atomic E-state index is 3.82. The molecule has 0 saturated carbocycles. The fourth-order valence-electron chi connectivity index (χ4n) is 4.28. The van der Waals surface area contributed by atoms with Crippen molar-refractivity contribution in [2.45, 2.75) is 50.4 Å². The largest absolute Gasteiger partial charge is 0.310 e. The highest BCUT2D eigenvalue weighted by atomic mass is 15.2. The van der Waals surface area contributed by atoms with Crippen LogP contribution in [0.15, 0.2) is 42.5 Å². The van der Waals surface area contributed by atoms with Crippen molar-refractivity contribution < 1.29 is 0 Å². The molecule has 2 heterocycles. The first-order chi connectivity index (χ1) is 10.3.